The summed E-state index contributed by atoms with van der Waals surface area (Å²) in [5.74, 6) is -1.35. The molecule has 0 saturated carbocycles. The second-order valence-electron chi connectivity index (χ2n) is 22.6. The highest BCUT2D eigenvalue weighted by Crippen LogP contribution is 2.45. The van der Waals surface area contributed by atoms with Crippen molar-refractivity contribution in [2.24, 2.45) is 5.92 Å². The minimum Gasteiger partial charge on any atom is -0.462 e. The summed E-state index contributed by atoms with van der Waals surface area (Å²) in [5, 5.41) is 10.5. The summed E-state index contributed by atoms with van der Waals surface area (Å²) in [6, 6.07) is 0. The number of carbonyl (C=O) groups excluding carboxylic acids is 4. The van der Waals surface area contributed by atoms with Gasteiger partial charge in [-0.2, -0.15) is 0 Å². The monoisotopic (exact) mass is 1180 g/mol. The normalized spacial score (nSPS) is 14.3. The van der Waals surface area contributed by atoms with Crippen molar-refractivity contribution in [3.63, 3.8) is 0 Å². The molecular formula is C61H118O17P2. The molecule has 5 atom stereocenters. The fourth-order valence-electron chi connectivity index (χ4n) is 9.05. The summed E-state index contributed by atoms with van der Waals surface area (Å²) >= 11 is 0. The second-order valence-corrected chi connectivity index (χ2v) is 25.5. The standard InChI is InChI=1S/C61H118O17P2/c1-6-9-12-15-16-17-24-28-31-36-40-45-59(64)72-51-57(78-61(66)47-42-37-32-29-26-23-21-19-18-20-22-25-27-30-35-38-43-54(4)5)53-76-80(69,70)74-49-55(62)48-73-79(67,68)75-52-56(77-60(65)46-41-34-14-11-8-3)50-71-58(63)44-39-33-13-10-7-2/h54-57,62H,6-53H2,1-5H3,(H,67,68)(H,69,70)/t55-,56+,57+/m0/s1. The summed E-state index contributed by atoms with van der Waals surface area (Å²) in [7, 11) is -9.86. The maximum Gasteiger partial charge on any atom is 0.472 e. The molecule has 0 fully saturated rings. The number of hydrogen-bond acceptors (Lipinski definition) is 15. The van der Waals surface area contributed by atoms with Crippen LogP contribution in [0.25, 0.3) is 0 Å². The van der Waals surface area contributed by atoms with Gasteiger partial charge < -0.3 is 33.8 Å². The maximum absolute atomic E-state index is 13.0. The van der Waals surface area contributed by atoms with Crippen LogP contribution in [0.2, 0.25) is 0 Å². The van der Waals surface area contributed by atoms with Crippen LogP contribution >= 0.6 is 15.6 Å². The first kappa shape index (κ1) is 78.1. The van der Waals surface area contributed by atoms with Crippen molar-refractivity contribution in [1.29, 1.82) is 0 Å². The average molecular weight is 1190 g/mol. The van der Waals surface area contributed by atoms with E-state index >= 15 is 0 Å². The van der Waals surface area contributed by atoms with Gasteiger partial charge in [-0.05, 0) is 31.6 Å². The van der Waals surface area contributed by atoms with Crippen molar-refractivity contribution in [2.45, 2.75) is 323 Å². The van der Waals surface area contributed by atoms with Crippen LogP contribution in [0.4, 0.5) is 0 Å². The topological polar surface area (TPSA) is 237 Å². The number of ether oxygens (including phenoxy) is 4. The van der Waals surface area contributed by atoms with Gasteiger partial charge in [-0.1, -0.05) is 253 Å². The van der Waals surface area contributed by atoms with Crippen LogP contribution in [0, 0.1) is 5.92 Å². The van der Waals surface area contributed by atoms with E-state index in [4.69, 9.17) is 37.0 Å². The lowest BCUT2D eigenvalue weighted by atomic mass is 10.0. The Bertz CT molecular complexity index is 1570. The lowest BCUT2D eigenvalue weighted by molar-refractivity contribution is -0.161. The molecule has 19 heteroatoms. The summed E-state index contributed by atoms with van der Waals surface area (Å²) < 4.78 is 67.4. The van der Waals surface area contributed by atoms with E-state index in [0.29, 0.717) is 25.7 Å². The van der Waals surface area contributed by atoms with Crippen molar-refractivity contribution >= 4 is 39.5 Å². The zero-order valence-corrected chi connectivity index (χ0v) is 53.0. The van der Waals surface area contributed by atoms with Gasteiger partial charge in [-0.3, -0.25) is 37.3 Å². The minimum absolute atomic E-state index is 0.0989. The van der Waals surface area contributed by atoms with E-state index in [9.17, 15) is 43.2 Å². The van der Waals surface area contributed by atoms with Gasteiger partial charge in [0.25, 0.3) is 0 Å². The molecule has 0 aliphatic carbocycles. The minimum atomic E-state index is -4.94. The largest absolute Gasteiger partial charge is 0.472 e. The Morgan fingerprint density at radius 3 is 0.850 bits per heavy atom. The fraction of sp³-hybridized carbons (Fsp3) is 0.934. The Hall–Kier alpha value is -1.94. The van der Waals surface area contributed by atoms with Gasteiger partial charge >= 0.3 is 39.5 Å². The predicted octanol–water partition coefficient (Wildman–Crippen LogP) is 16.6. The van der Waals surface area contributed by atoms with Crippen molar-refractivity contribution < 1.29 is 80.2 Å². The van der Waals surface area contributed by atoms with Crippen molar-refractivity contribution in [2.75, 3.05) is 39.6 Å². The molecule has 0 aliphatic rings. The van der Waals surface area contributed by atoms with E-state index in [-0.39, 0.29) is 25.7 Å². The SMILES string of the molecule is CCCCCCCCCCCCCC(=O)OC[C@H](COP(=O)(O)OC[C@@H](O)COP(=O)(O)OC[C@@H](COC(=O)CCCCCCC)OC(=O)CCCCCCC)OC(=O)CCCCCCCCCCCCCCCCCCC(C)C. The van der Waals surface area contributed by atoms with Crippen molar-refractivity contribution in [1.82, 2.24) is 0 Å². The molecule has 0 spiro atoms. The van der Waals surface area contributed by atoms with E-state index in [0.717, 1.165) is 102 Å². The molecule has 80 heavy (non-hydrogen) atoms. The zero-order chi connectivity index (χ0) is 59.2. The number of aliphatic hydroxyl groups excluding tert-OH is 1. The molecule has 0 amide bonds. The number of aliphatic hydroxyl groups is 1. The quantitative estimate of drug-likeness (QED) is 0.0222. The first-order valence-corrected chi connectivity index (χ1v) is 35.1. The summed E-state index contributed by atoms with van der Waals surface area (Å²) in [6.45, 7) is 7.02. The van der Waals surface area contributed by atoms with Gasteiger partial charge in [0, 0.05) is 25.7 Å². The zero-order valence-electron chi connectivity index (χ0n) is 51.2. The molecule has 0 radical (unpaired) electrons. The lowest BCUT2D eigenvalue weighted by Gasteiger charge is -2.21. The van der Waals surface area contributed by atoms with Gasteiger partial charge in [0.1, 0.15) is 19.3 Å². The molecule has 0 aromatic rings. The van der Waals surface area contributed by atoms with Crippen LogP contribution < -0.4 is 0 Å². The molecule has 0 heterocycles. The van der Waals surface area contributed by atoms with E-state index in [1.807, 2.05) is 0 Å². The number of phosphoric acid groups is 2. The summed E-state index contributed by atoms with van der Waals surface area (Å²) in [4.78, 5) is 71.5. The highest BCUT2D eigenvalue weighted by molar-refractivity contribution is 7.47. The highest BCUT2D eigenvalue weighted by atomic mass is 31.2. The van der Waals surface area contributed by atoms with Crippen LogP contribution in [0.5, 0.6) is 0 Å². The number of rotatable bonds is 61. The van der Waals surface area contributed by atoms with E-state index in [2.05, 4.69) is 34.6 Å². The van der Waals surface area contributed by atoms with Gasteiger partial charge in [-0.15, -0.1) is 0 Å². The van der Waals surface area contributed by atoms with Gasteiger partial charge in [-0.25, -0.2) is 9.13 Å². The number of carbonyl (C=O) groups is 4. The average Bonchev–Trinajstić information content (AvgIpc) is 3.42. The Morgan fingerprint density at radius 2 is 0.575 bits per heavy atom. The van der Waals surface area contributed by atoms with E-state index in [1.165, 1.54) is 122 Å². The van der Waals surface area contributed by atoms with E-state index < -0.39 is 97.5 Å². The molecule has 2 unspecified atom stereocenters. The van der Waals surface area contributed by atoms with Gasteiger partial charge in [0.05, 0.1) is 26.4 Å². The molecule has 3 N–H and O–H groups in total. The number of hydrogen-bond donors (Lipinski definition) is 3. The van der Waals surface area contributed by atoms with Crippen LogP contribution in [-0.4, -0.2) is 96.7 Å². The third-order valence-electron chi connectivity index (χ3n) is 14.0. The highest BCUT2D eigenvalue weighted by Gasteiger charge is 2.30. The molecule has 0 bridgehead atoms. The van der Waals surface area contributed by atoms with Crippen LogP contribution in [0.1, 0.15) is 304 Å². The van der Waals surface area contributed by atoms with Crippen LogP contribution in [-0.2, 0) is 65.4 Å². The smallest absolute Gasteiger partial charge is 0.462 e. The maximum atomic E-state index is 13.0. The molecular weight excluding hydrogens is 1070 g/mol. The van der Waals surface area contributed by atoms with E-state index in [1.54, 1.807) is 0 Å². The number of esters is 4. The molecule has 474 valence electrons. The Morgan fingerprint density at radius 1 is 0.338 bits per heavy atom. The van der Waals surface area contributed by atoms with Gasteiger partial charge in [0.2, 0.25) is 0 Å². The van der Waals surface area contributed by atoms with Crippen LogP contribution in [0.3, 0.4) is 0 Å². The molecule has 0 rings (SSSR count). The molecule has 0 aliphatic heterocycles. The molecule has 17 nitrogen and oxygen atoms in total. The Kier molecular flexibility index (Phi) is 53.6. The first-order chi connectivity index (χ1) is 38.5. The predicted molar refractivity (Wildman–Crippen MR) is 317 cm³/mol. The fourth-order valence-corrected chi connectivity index (χ4v) is 10.6. The Balaban J connectivity index is 5.06. The summed E-state index contributed by atoms with van der Waals surface area (Å²) in [6.07, 6.45) is 38.4. The van der Waals surface area contributed by atoms with Crippen molar-refractivity contribution in [3.8, 4) is 0 Å². The number of unbranched alkanes of at least 4 members (excludes halogenated alkanes) is 33. The second kappa shape index (κ2) is 55.0. The lowest BCUT2D eigenvalue weighted by Crippen LogP contribution is -2.30. The third-order valence-corrected chi connectivity index (χ3v) is 15.9. The first-order valence-electron chi connectivity index (χ1n) is 32.1. The van der Waals surface area contributed by atoms with Gasteiger partial charge in [0.15, 0.2) is 12.2 Å². The Labute approximate surface area is 486 Å². The molecule has 0 aromatic heterocycles. The summed E-state index contributed by atoms with van der Waals surface area (Å²) in [5.41, 5.74) is 0. The molecule has 0 aromatic carbocycles. The third kappa shape index (κ3) is 55.3. The number of phosphoric ester groups is 2. The van der Waals surface area contributed by atoms with Crippen molar-refractivity contribution in [3.05, 3.63) is 0 Å². The van der Waals surface area contributed by atoms with Crippen LogP contribution in [0.15, 0.2) is 0 Å². The molecule has 0 saturated heterocycles.